The van der Waals surface area contributed by atoms with E-state index >= 15 is 0 Å². The van der Waals surface area contributed by atoms with E-state index in [0.29, 0.717) is 6.54 Å². The van der Waals surface area contributed by atoms with E-state index in [2.05, 4.69) is 5.32 Å². The molecule has 5 nitrogen and oxygen atoms in total. The number of hydrogen-bond donors (Lipinski definition) is 2. The second kappa shape index (κ2) is 6.48. The third-order valence-electron chi connectivity index (χ3n) is 2.95. The van der Waals surface area contributed by atoms with Crippen LogP contribution in [0.25, 0.3) is 0 Å². The first kappa shape index (κ1) is 13.0. The van der Waals surface area contributed by atoms with Crippen molar-refractivity contribution < 1.29 is 14.7 Å². The van der Waals surface area contributed by atoms with Gasteiger partial charge in [0.25, 0.3) is 0 Å². The molecule has 0 saturated carbocycles. The number of rotatable bonds is 3. The lowest BCUT2D eigenvalue weighted by atomic mass is 10.00. The zero-order valence-electron chi connectivity index (χ0n) is 9.74. The Morgan fingerprint density at radius 3 is 2.81 bits per heavy atom. The molecule has 0 aromatic heterocycles. The number of nitrogens with one attached hydrogen (secondary N) is 1. The van der Waals surface area contributed by atoms with Gasteiger partial charge in [0.15, 0.2) is 0 Å². The van der Waals surface area contributed by atoms with Gasteiger partial charge in [0, 0.05) is 19.1 Å². The van der Waals surface area contributed by atoms with Crippen LogP contribution in [-0.4, -0.2) is 47.6 Å². The van der Waals surface area contributed by atoms with Crippen LogP contribution >= 0.6 is 0 Å². The highest BCUT2D eigenvalue weighted by atomic mass is 16.3. The lowest BCUT2D eigenvalue weighted by molar-refractivity contribution is -0.148. The summed E-state index contributed by atoms with van der Waals surface area (Å²) in [5.74, 6) is -1.06. The molecule has 1 unspecified atom stereocenters. The van der Waals surface area contributed by atoms with Crippen molar-refractivity contribution in [3.8, 4) is 0 Å². The molecule has 0 aromatic rings. The average molecular weight is 228 g/mol. The number of aliphatic hydroxyl groups is 1. The molecule has 2 amide bonds. The molecular formula is C11H20N2O3. The highest BCUT2D eigenvalue weighted by Crippen LogP contribution is 2.19. The fourth-order valence-corrected chi connectivity index (χ4v) is 2.07. The Kier molecular flexibility index (Phi) is 5.25. The summed E-state index contributed by atoms with van der Waals surface area (Å²) >= 11 is 0. The Bertz CT molecular complexity index is 256. The van der Waals surface area contributed by atoms with Gasteiger partial charge in [0.1, 0.15) is 0 Å². The fraction of sp³-hybridized carbons (Fsp3) is 0.818. The van der Waals surface area contributed by atoms with Crippen LogP contribution in [-0.2, 0) is 9.59 Å². The second-order valence-corrected chi connectivity index (χ2v) is 4.04. The molecule has 1 fully saturated rings. The Labute approximate surface area is 95.8 Å². The summed E-state index contributed by atoms with van der Waals surface area (Å²) in [4.78, 5) is 24.9. The Morgan fingerprint density at radius 2 is 2.19 bits per heavy atom. The van der Waals surface area contributed by atoms with Crippen LogP contribution in [0, 0.1) is 0 Å². The molecule has 0 bridgehead atoms. The molecule has 1 rings (SSSR count). The van der Waals surface area contributed by atoms with Crippen molar-refractivity contribution >= 4 is 11.8 Å². The Hall–Kier alpha value is -1.10. The fourth-order valence-electron chi connectivity index (χ4n) is 2.07. The summed E-state index contributed by atoms with van der Waals surface area (Å²) in [5, 5.41) is 11.0. The van der Waals surface area contributed by atoms with E-state index in [-0.39, 0.29) is 19.2 Å². The minimum Gasteiger partial charge on any atom is -0.395 e. The van der Waals surface area contributed by atoms with E-state index in [1.807, 2.05) is 6.92 Å². The maximum atomic E-state index is 11.8. The molecule has 0 radical (unpaired) electrons. The molecule has 1 aliphatic heterocycles. The van der Waals surface area contributed by atoms with E-state index in [0.717, 1.165) is 25.7 Å². The zero-order chi connectivity index (χ0) is 12.0. The van der Waals surface area contributed by atoms with Crippen molar-refractivity contribution in [3.63, 3.8) is 0 Å². The first-order valence-corrected chi connectivity index (χ1v) is 5.90. The molecule has 0 aliphatic carbocycles. The molecule has 16 heavy (non-hydrogen) atoms. The molecule has 92 valence electrons. The maximum Gasteiger partial charge on any atom is 0.312 e. The number of nitrogens with zero attached hydrogens (tertiary/aromatic N) is 1. The summed E-state index contributed by atoms with van der Waals surface area (Å²) in [6, 6.07) is 0.195. The van der Waals surface area contributed by atoms with E-state index in [4.69, 9.17) is 5.11 Å². The standard InChI is InChI=1S/C11H20N2O3/c1-2-9-5-3-4-7-13(9)11(16)10(15)12-6-8-14/h9,14H,2-8H2,1H3,(H,12,15). The SMILES string of the molecule is CCC1CCCCN1C(=O)C(=O)NCCO. The minimum absolute atomic E-state index is 0.134. The number of amides is 2. The smallest absolute Gasteiger partial charge is 0.312 e. The summed E-state index contributed by atoms with van der Waals surface area (Å²) in [5.41, 5.74) is 0. The van der Waals surface area contributed by atoms with Crippen LogP contribution in [0.4, 0.5) is 0 Å². The lowest BCUT2D eigenvalue weighted by Crippen LogP contribution is -2.50. The van der Waals surface area contributed by atoms with Gasteiger partial charge in [-0.05, 0) is 25.7 Å². The first-order chi connectivity index (χ1) is 7.70. The van der Waals surface area contributed by atoms with E-state index in [1.165, 1.54) is 0 Å². The quantitative estimate of drug-likeness (QED) is 0.662. The van der Waals surface area contributed by atoms with Crippen LogP contribution in [0.1, 0.15) is 32.6 Å². The molecule has 1 atom stereocenters. The number of aliphatic hydroxyl groups excluding tert-OH is 1. The molecule has 1 heterocycles. The van der Waals surface area contributed by atoms with Gasteiger partial charge in [0.05, 0.1) is 6.61 Å². The van der Waals surface area contributed by atoms with Gasteiger partial charge in [-0.15, -0.1) is 0 Å². The normalized spacial score (nSPS) is 20.6. The van der Waals surface area contributed by atoms with Crippen LogP contribution in [0.2, 0.25) is 0 Å². The van der Waals surface area contributed by atoms with Crippen molar-refractivity contribution in [1.29, 1.82) is 0 Å². The van der Waals surface area contributed by atoms with Crippen LogP contribution in [0.3, 0.4) is 0 Å². The third kappa shape index (κ3) is 3.20. The summed E-state index contributed by atoms with van der Waals surface area (Å²) in [6.45, 7) is 2.69. The van der Waals surface area contributed by atoms with Gasteiger partial charge < -0.3 is 15.3 Å². The van der Waals surface area contributed by atoms with Crippen LogP contribution in [0.15, 0.2) is 0 Å². The predicted octanol–water partition coefficient (Wildman–Crippen LogP) is -0.114. The van der Waals surface area contributed by atoms with Gasteiger partial charge >= 0.3 is 11.8 Å². The van der Waals surface area contributed by atoms with Crippen LogP contribution < -0.4 is 5.32 Å². The monoisotopic (exact) mass is 228 g/mol. The van der Waals surface area contributed by atoms with Crippen molar-refractivity contribution in [2.45, 2.75) is 38.6 Å². The van der Waals surface area contributed by atoms with E-state index < -0.39 is 11.8 Å². The van der Waals surface area contributed by atoms with Crippen molar-refractivity contribution in [1.82, 2.24) is 10.2 Å². The van der Waals surface area contributed by atoms with Gasteiger partial charge in [0.2, 0.25) is 0 Å². The third-order valence-corrected chi connectivity index (χ3v) is 2.95. The summed E-state index contributed by atoms with van der Waals surface area (Å²) in [6.07, 6.45) is 3.96. The molecule has 5 heteroatoms. The van der Waals surface area contributed by atoms with Gasteiger partial charge in [-0.3, -0.25) is 9.59 Å². The van der Waals surface area contributed by atoms with Gasteiger partial charge in [-0.1, -0.05) is 6.92 Å². The summed E-state index contributed by atoms with van der Waals surface area (Å²) in [7, 11) is 0. The van der Waals surface area contributed by atoms with Crippen molar-refractivity contribution in [2.24, 2.45) is 0 Å². The largest absolute Gasteiger partial charge is 0.395 e. The highest BCUT2D eigenvalue weighted by Gasteiger charge is 2.29. The lowest BCUT2D eigenvalue weighted by Gasteiger charge is -2.34. The Morgan fingerprint density at radius 1 is 1.44 bits per heavy atom. The maximum absolute atomic E-state index is 11.8. The number of piperidine rings is 1. The predicted molar refractivity (Wildman–Crippen MR) is 59.7 cm³/mol. The number of likely N-dealkylation sites (tertiary alicyclic amines) is 1. The minimum atomic E-state index is -0.602. The number of carbonyl (C=O) groups excluding carboxylic acids is 2. The second-order valence-electron chi connectivity index (χ2n) is 4.04. The zero-order valence-corrected chi connectivity index (χ0v) is 9.74. The molecule has 0 aromatic carbocycles. The van der Waals surface area contributed by atoms with Gasteiger partial charge in [-0.25, -0.2) is 0 Å². The van der Waals surface area contributed by atoms with Crippen molar-refractivity contribution in [3.05, 3.63) is 0 Å². The molecule has 1 saturated heterocycles. The first-order valence-electron chi connectivity index (χ1n) is 5.90. The molecule has 2 N–H and O–H groups in total. The van der Waals surface area contributed by atoms with E-state index in [9.17, 15) is 9.59 Å². The molecule has 0 spiro atoms. The van der Waals surface area contributed by atoms with Crippen molar-refractivity contribution in [2.75, 3.05) is 19.7 Å². The highest BCUT2D eigenvalue weighted by molar-refractivity contribution is 6.35. The summed E-state index contributed by atoms with van der Waals surface area (Å²) < 4.78 is 0. The van der Waals surface area contributed by atoms with Crippen LogP contribution in [0.5, 0.6) is 0 Å². The van der Waals surface area contributed by atoms with E-state index in [1.54, 1.807) is 4.90 Å². The molecule has 1 aliphatic rings. The van der Waals surface area contributed by atoms with Gasteiger partial charge in [-0.2, -0.15) is 0 Å². The topological polar surface area (TPSA) is 69.6 Å². The number of carbonyl (C=O) groups is 2. The Balaban J connectivity index is 2.53. The number of hydrogen-bond acceptors (Lipinski definition) is 3. The molecular weight excluding hydrogens is 208 g/mol. The average Bonchev–Trinajstić information content (AvgIpc) is 2.34.